The van der Waals surface area contributed by atoms with E-state index in [0.29, 0.717) is 0 Å². The van der Waals surface area contributed by atoms with Crippen LogP contribution >= 0.6 is 0 Å². The highest BCUT2D eigenvalue weighted by Gasteiger charge is 2.05. The van der Waals surface area contributed by atoms with Crippen LogP contribution < -0.4 is 10.1 Å². The Balaban J connectivity index is 2.46. The molecule has 0 aliphatic carbocycles. The van der Waals surface area contributed by atoms with E-state index in [9.17, 15) is 0 Å². The minimum atomic E-state index is -0.244. The molecule has 0 aliphatic rings. The Bertz CT molecular complexity index is 327. The lowest BCUT2D eigenvalue weighted by atomic mass is 10.2. The molecular weight excluding hydrogens is 216 g/mol. The molecule has 0 fully saturated rings. The van der Waals surface area contributed by atoms with Crippen molar-refractivity contribution in [1.29, 1.82) is 0 Å². The second-order valence-corrected chi connectivity index (χ2v) is 4.43. The summed E-state index contributed by atoms with van der Waals surface area (Å²) >= 11 is 0. The van der Waals surface area contributed by atoms with E-state index in [0.717, 1.165) is 31.0 Å². The molecule has 1 unspecified atom stereocenters. The number of nitrogens with zero attached hydrogens (tertiary/aromatic N) is 1. The van der Waals surface area contributed by atoms with Gasteiger partial charge in [0.05, 0.1) is 12.2 Å². The summed E-state index contributed by atoms with van der Waals surface area (Å²) in [7, 11) is 0. The maximum absolute atomic E-state index is 9.16. The molecule has 0 saturated carbocycles. The molecule has 96 valence electrons. The lowest BCUT2D eigenvalue weighted by Gasteiger charge is -2.14. The molecule has 1 aromatic rings. The number of nitrogens with one attached hydrogen (secondary N) is 1. The number of pyridine rings is 1. The maximum Gasteiger partial charge on any atom is 0.168 e. The standard InChI is InChI=1S/C13H22N2O2/c1-10(2)17-12-7-5-9-15-13(12)14-8-4-6-11(3)16/h5,7,9-11,16H,4,6,8H2,1-3H3,(H,14,15). The number of aliphatic hydroxyl groups excluding tert-OH is 1. The van der Waals surface area contributed by atoms with Crippen LogP contribution in [0.2, 0.25) is 0 Å². The Kier molecular flexibility index (Phi) is 5.77. The number of aromatic nitrogens is 1. The van der Waals surface area contributed by atoms with Gasteiger partial charge in [-0.15, -0.1) is 0 Å². The molecule has 0 saturated heterocycles. The normalized spacial score (nSPS) is 12.5. The molecule has 0 aliphatic heterocycles. The number of anilines is 1. The smallest absolute Gasteiger partial charge is 0.168 e. The largest absolute Gasteiger partial charge is 0.487 e. The lowest BCUT2D eigenvalue weighted by molar-refractivity contribution is 0.183. The van der Waals surface area contributed by atoms with Crippen LogP contribution in [0.15, 0.2) is 18.3 Å². The number of ether oxygens (including phenoxy) is 1. The van der Waals surface area contributed by atoms with Crippen molar-refractivity contribution < 1.29 is 9.84 Å². The van der Waals surface area contributed by atoms with Crippen LogP contribution in [0.25, 0.3) is 0 Å². The maximum atomic E-state index is 9.16. The monoisotopic (exact) mass is 238 g/mol. The summed E-state index contributed by atoms with van der Waals surface area (Å²) < 4.78 is 5.65. The molecule has 4 nitrogen and oxygen atoms in total. The van der Waals surface area contributed by atoms with Gasteiger partial charge in [-0.1, -0.05) is 0 Å². The van der Waals surface area contributed by atoms with Crippen LogP contribution in [0, 0.1) is 0 Å². The summed E-state index contributed by atoms with van der Waals surface area (Å²) in [6.45, 7) is 6.57. The molecule has 1 rings (SSSR count). The molecule has 0 spiro atoms. The van der Waals surface area contributed by atoms with Crippen LogP contribution in [-0.4, -0.2) is 28.8 Å². The Morgan fingerprint density at radius 2 is 2.18 bits per heavy atom. The van der Waals surface area contributed by atoms with Crippen LogP contribution in [-0.2, 0) is 0 Å². The Hall–Kier alpha value is -1.29. The van der Waals surface area contributed by atoms with Gasteiger partial charge in [-0.25, -0.2) is 4.98 Å². The molecule has 0 radical (unpaired) electrons. The van der Waals surface area contributed by atoms with E-state index in [1.807, 2.05) is 26.0 Å². The van der Waals surface area contributed by atoms with Crippen LogP contribution in [0.5, 0.6) is 5.75 Å². The Morgan fingerprint density at radius 1 is 1.41 bits per heavy atom. The molecule has 0 bridgehead atoms. The minimum absolute atomic E-state index is 0.136. The first-order valence-corrected chi connectivity index (χ1v) is 6.13. The molecular formula is C13H22N2O2. The number of rotatable bonds is 7. The average Bonchev–Trinajstić information content (AvgIpc) is 2.25. The SMILES string of the molecule is CC(O)CCCNc1ncccc1OC(C)C. The highest BCUT2D eigenvalue weighted by Crippen LogP contribution is 2.21. The van der Waals surface area contributed by atoms with Gasteiger partial charge < -0.3 is 15.2 Å². The van der Waals surface area contributed by atoms with E-state index in [1.165, 1.54) is 0 Å². The summed E-state index contributed by atoms with van der Waals surface area (Å²) in [5.74, 6) is 1.55. The van der Waals surface area contributed by atoms with Crippen molar-refractivity contribution in [3.05, 3.63) is 18.3 Å². The van der Waals surface area contributed by atoms with Crippen molar-refractivity contribution in [2.24, 2.45) is 0 Å². The Labute approximate surface area is 103 Å². The molecule has 4 heteroatoms. The summed E-state index contributed by atoms with van der Waals surface area (Å²) in [6.07, 6.45) is 3.34. The third-order valence-electron chi connectivity index (χ3n) is 2.22. The van der Waals surface area contributed by atoms with Gasteiger partial charge in [0, 0.05) is 12.7 Å². The van der Waals surface area contributed by atoms with Crippen LogP contribution in [0.1, 0.15) is 33.6 Å². The predicted molar refractivity (Wildman–Crippen MR) is 69.4 cm³/mol. The fraction of sp³-hybridized carbons (Fsp3) is 0.615. The van der Waals surface area contributed by atoms with E-state index < -0.39 is 0 Å². The lowest BCUT2D eigenvalue weighted by Crippen LogP contribution is -2.11. The van der Waals surface area contributed by atoms with Gasteiger partial charge in [0.2, 0.25) is 0 Å². The van der Waals surface area contributed by atoms with Crippen molar-refractivity contribution in [2.75, 3.05) is 11.9 Å². The summed E-state index contributed by atoms with van der Waals surface area (Å²) in [4.78, 5) is 4.25. The molecule has 0 amide bonds. The molecule has 2 N–H and O–H groups in total. The predicted octanol–water partition coefficient (Wildman–Crippen LogP) is 2.44. The second-order valence-electron chi connectivity index (χ2n) is 4.43. The summed E-state index contributed by atoms with van der Waals surface area (Å²) in [5, 5.41) is 12.4. The van der Waals surface area contributed by atoms with E-state index in [4.69, 9.17) is 9.84 Å². The van der Waals surface area contributed by atoms with Crippen LogP contribution in [0.3, 0.4) is 0 Å². The average molecular weight is 238 g/mol. The molecule has 1 aromatic heterocycles. The molecule has 1 atom stereocenters. The highest BCUT2D eigenvalue weighted by molar-refractivity contribution is 5.49. The zero-order chi connectivity index (χ0) is 12.7. The van der Waals surface area contributed by atoms with E-state index in [2.05, 4.69) is 10.3 Å². The third kappa shape index (κ3) is 5.54. The van der Waals surface area contributed by atoms with Crippen molar-refractivity contribution >= 4 is 5.82 Å². The zero-order valence-electron chi connectivity index (χ0n) is 10.8. The fourth-order valence-corrected chi connectivity index (χ4v) is 1.48. The van der Waals surface area contributed by atoms with Crippen molar-refractivity contribution in [3.8, 4) is 5.75 Å². The summed E-state index contributed by atoms with van der Waals surface area (Å²) in [5.41, 5.74) is 0. The molecule has 0 aromatic carbocycles. The highest BCUT2D eigenvalue weighted by atomic mass is 16.5. The number of hydrogen-bond donors (Lipinski definition) is 2. The number of hydrogen-bond acceptors (Lipinski definition) is 4. The van der Waals surface area contributed by atoms with Crippen molar-refractivity contribution in [3.63, 3.8) is 0 Å². The topological polar surface area (TPSA) is 54.4 Å². The third-order valence-corrected chi connectivity index (χ3v) is 2.22. The first-order valence-electron chi connectivity index (χ1n) is 6.13. The van der Waals surface area contributed by atoms with Gasteiger partial charge in [0.25, 0.3) is 0 Å². The quantitative estimate of drug-likeness (QED) is 0.716. The first kappa shape index (κ1) is 13.8. The van der Waals surface area contributed by atoms with E-state index in [-0.39, 0.29) is 12.2 Å². The van der Waals surface area contributed by atoms with Gasteiger partial charge in [0.1, 0.15) is 0 Å². The van der Waals surface area contributed by atoms with Gasteiger partial charge in [-0.2, -0.15) is 0 Å². The van der Waals surface area contributed by atoms with E-state index in [1.54, 1.807) is 13.1 Å². The van der Waals surface area contributed by atoms with Gasteiger partial charge in [-0.05, 0) is 45.7 Å². The molecule has 1 heterocycles. The van der Waals surface area contributed by atoms with Gasteiger partial charge in [0.15, 0.2) is 11.6 Å². The minimum Gasteiger partial charge on any atom is -0.487 e. The van der Waals surface area contributed by atoms with E-state index >= 15 is 0 Å². The number of aliphatic hydroxyl groups is 1. The van der Waals surface area contributed by atoms with Gasteiger partial charge >= 0.3 is 0 Å². The van der Waals surface area contributed by atoms with Crippen molar-refractivity contribution in [1.82, 2.24) is 4.98 Å². The Morgan fingerprint density at radius 3 is 2.82 bits per heavy atom. The first-order chi connectivity index (χ1) is 8.09. The zero-order valence-corrected chi connectivity index (χ0v) is 10.8. The van der Waals surface area contributed by atoms with Crippen molar-refractivity contribution in [2.45, 2.75) is 45.8 Å². The van der Waals surface area contributed by atoms with Gasteiger partial charge in [-0.3, -0.25) is 0 Å². The second kappa shape index (κ2) is 7.12. The van der Waals surface area contributed by atoms with Crippen LogP contribution in [0.4, 0.5) is 5.82 Å². The fourth-order valence-electron chi connectivity index (χ4n) is 1.48. The molecule has 17 heavy (non-hydrogen) atoms. The summed E-state index contributed by atoms with van der Waals surface area (Å²) in [6, 6.07) is 3.77.